The first-order chi connectivity index (χ1) is 18.6. The van der Waals surface area contributed by atoms with Gasteiger partial charge in [0.2, 0.25) is 0 Å². The molecule has 0 aliphatic heterocycles. The Hall–Kier alpha value is -3.81. The van der Waals surface area contributed by atoms with Gasteiger partial charge in [0.15, 0.2) is 0 Å². The minimum Gasteiger partial charge on any atom is -0.491 e. The molecule has 39 heavy (non-hydrogen) atoms. The van der Waals surface area contributed by atoms with Crippen LogP contribution in [-0.2, 0) is 9.47 Å². The van der Waals surface area contributed by atoms with Crippen LogP contribution in [0, 0.1) is 18.3 Å². The molecule has 1 saturated carbocycles. The molecule has 2 heterocycles. The molecule has 0 radical (unpaired) electrons. The number of nitrogens with two attached hydrogens (primary N) is 2. The van der Waals surface area contributed by atoms with Crippen LogP contribution in [0.4, 0.5) is 22.0 Å². The molecule has 4 N–H and O–H groups in total. The zero-order chi connectivity index (χ0) is 28.6. The first kappa shape index (κ1) is 29.7. The van der Waals surface area contributed by atoms with Crippen molar-refractivity contribution in [2.24, 2.45) is 5.73 Å². The fourth-order valence-electron chi connectivity index (χ4n) is 4.34. The van der Waals surface area contributed by atoms with Crippen molar-refractivity contribution in [3.8, 4) is 11.8 Å². The number of benzene rings is 1. The first-order valence-corrected chi connectivity index (χ1v) is 13.2. The largest absolute Gasteiger partial charge is 0.491 e. The van der Waals surface area contributed by atoms with Crippen molar-refractivity contribution >= 4 is 28.8 Å². The van der Waals surface area contributed by atoms with E-state index in [1.807, 2.05) is 0 Å². The third-order valence-corrected chi connectivity index (χ3v) is 6.31. The second-order valence-corrected chi connectivity index (χ2v) is 10.5. The number of nitriles is 1. The van der Waals surface area contributed by atoms with Crippen LogP contribution in [0.2, 0.25) is 0 Å². The number of hydrogen-bond acceptors (Lipinski definition) is 8. The molecule has 210 valence electrons. The van der Waals surface area contributed by atoms with Gasteiger partial charge in [0.1, 0.15) is 35.4 Å². The molecule has 1 fully saturated rings. The predicted molar refractivity (Wildman–Crippen MR) is 152 cm³/mol. The van der Waals surface area contributed by atoms with Gasteiger partial charge < -0.3 is 25.7 Å². The van der Waals surface area contributed by atoms with Crippen LogP contribution >= 0.6 is 0 Å². The molecule has 2 aromatic heterocycles. The molecule has 1 amide bonds. The van der Waals surface area contributed by atoms with Crippen LogP contribution in [0.3, 0.4) is 0 Å². The number of nitrogens with zero attached hydrogens (tertiary/aromatic N) is 4. The fraction of sp³-hybridized carbons (Fsp3) is 0.483. The first-order valence-electron chi connectivity index (χ1n) is 13.2. The number of carbonyl (C=O) groups is 1. The van der Waals surface area contributed by atoms with E-state index in [9.17, 15) is 10.1 Å². The van der Waals surface area contributed by atoms with E-state index in [2.05, 4.69) is 11.2 Å². The second kappa shape index (κ2) is 13.3. The lowest BCUT2D eigenvalue weighted by Crippen LogP contribution is -2.35. The summed E-state index contributed by atoms with van der Waals surface area (Å²) in [4.78, 5) is 14.7. The lowest BCUT2D eigenvalue weighted by molar-refractivity contribution is 0.0597. The zero-order valence-electron chi connectivity index (χ0n) is 23.6. The number of methoxy groups -OCH3 is 1. The van der Waals surface area contributed by atoms with E-state index in [0.29, 0.717) is 53.2 Å². The van der Waals surface area contributed by atoms with Crippen molar-refractivity contribution in [1.82, 2.24) is 9.61 Å². The van der Waals surface area contributed by atoms with Crippen LogP contribution in [-0.4, -0.2) is 47.7 Å². The van der Waals surface area contributed by atoms with Crippen LogP contribution in [0.25, 0.3) is 5.52 Å². The highest BCUT2D eigenvalue weighted by Gasteiger charge is 2.30. The number of nitrogen functional groups attached to an aromatic ring is 1. The van der Waals surface area contributed by atoms with Crippen LogP contribution in [0.15, 0.2) is 36.5 Å². The number of hydrogen-bond donors (Lipinski definition) is 2. The van der Waals surface area contributed by atoms with Gasteiger partial charge in [0.05, 0.1) is 29.7 Å². The van der Waals surface area contributed by atoms with E-state index in [4.69, 9.17) is 25.7 Å². The van der Waals surface area contributed by atoms with Gasteiger partial charge in [0, 0.05) is 18.7 Å². The molecule has 10 nitrogen and oxygen atoms in total. The second-order valence-electron chi connectivity index (χ2n) is 10.5. The summed E-state index contributed by atoms with van der Waals surface area (Å²) in [5.41, 5.74) is 13.3. The monoisotopic (exact) mass is 536 g/mol. The molecule has 0 saturated heterocycles. The number of aromatic nitrogens is 2. The lowest BCUT2D eigenvalue weighted by Gasteiger charge is -2.29. The number of ether oxygens (including phenoxy) is 3. The number of rotatable bonds is 6. The van der Waals surface area contributed by atoms with Crippen molar-refractivity contribution in [3.05, 3.63) is 47.7 Å². The summed E-state index contributed by atoms with van der Waals surface area (Å²) in [6.45, 7) is 7.99. The molecule has 0 unspecified atom stereocenters. The molecule has 1 aliphatic carbocycles. The Bertz CT molecular complexity index is 1280. The SMILES string of the molecule is COCCOc1ccc(N(C(=O)OC(C)(C)C)c2c(C)c(N)c(C#N)c3ccnn23)cc1.NC1CCCCC1. The van der Waals surface area contributed by atoms with Crippen molar-refractivity contribution in [2.45, 2.75) is 71.4 Å². The Morgan fingerprint density at radius 3 is 2.36 bits per heavy atom. The van der Waals surface area contributed by atoms with E-state index >= 15 is 0 Å². The highest BCUT2D eigenvalue weighted by molar-refractivity contribution is 5.98. The Kier molecular flexibility index (Phi) is 10.2. The van der Waals surface area contributed by atoms with E-state index < -0.39 is 11.7 Å². The molecule has 0 bridgehead atoms. The van der Waals surface area contributed by atoms with Gasteiger partial charge in [-0.15, -0.1) is 0 Å². The Balaban J connectivity index is 0.000000520. The number of anilines is 3. The summed E-state index contributed by atoms with van der Waals surface area (Å²) in [5.74, 6) is 1.03. The maximum absolute atomic E-state index is 13.3. The van der Waals surface area contributed by atoms with Gasteiger partial charge in [0.25, 0.3) is 0 Å². The number of pyridine rings is 1. The van der Waals surface area contributed by atoms with Crippen LogP contribution in [0.1, 0.15) is 64.0 Å². The number of carbonyl (C=O) groups excluding carboxylic acids is 1. The third kappa shape index (κ3) is 7.62. The van der Waals surface area contributed by atoms with Gasteiger partial charge >= 0.3 is 6.09 Å². The maximum Gasteiger partial charge on any atom is 0.420 e. The average molecular weight is 537 g/mol. The lowest BCUT2D eigenvalue weighted by atomic mass is 9.97. The van der Waals surface area contributed by atoms with Gasteiger partial charge in [-0.05, 0) is 70.9 Å². The van der Waals surface area contributed by atoms with Gasteiger partial charge in [-0.2, -0.15) is 10.4 Å². The quantitative estimate of drug-likeness (QED) is 0.395. The predicted octanol–water partition coefficient (Wildman–Crippen LogP) is 5.47. The molecule has 10 heteroatoms. The van der Waals surface area contributed by atoms with Gasteiger partial charge in [-0.25, -0.2) is 14.2 Å². The smallest absolute Gasteiger partial charge is 0.420 e. The van der Waals surface area contributed by atoms with Crippen molar-refractivity contribution in [1.29, 1.82) is 5.26 Å². The third-order valence-electron chi connectivity index (χ3n) is 6.31. The minimum atomic E-state index is -0.728. The molecular formula is C29H40N6O4. The van der Waals surface area contributed by atoms with Crippen LogP contribution in [0.5, 0.6) is 5.75 Å². The molecule has 1 aliphatic rings. The highest BCUT2D eigenvalue weighted by Crippen LogP contribution is 2.36. The zero-order valence-corrected chi connectivity index (χ0v) is 23.6. The fourth-order valence-corrected chi connectivity index (χ4v) is 4.34. The summed E-state index contributed by atoms with van der Waals surface area (Å²) >= 11 is 0. The topological polar surface area (TPSA) is 141 Å². The number of amides is 1. The molecular weight excluding hydrogens is 496 g/mol. The Morgan fingerprint density at radius 2 is 1.82 bits per heavy atom. The summed E-state index contributed by atoms with van der Waals surface area (Å²) in [6.07, 6.45) is 7.61. The summed E-state index contributed by atoms with van der Waals surface area (Å²) in [5, 5.41) is 13.9. The standard InChI is InChI=1S/C23H27N5O4.C6H13N/c1-15-20(25)18(14-24)19-10-11-26-28(19)21(15)27(22(29)32-23(2,3)4)16-6-8-17(9-7-16)31-13-12-30-5;7-6-4-2-1-3-5-6/h6-11H,12-13,25H2,1-5H3;6H,1-5,7H2. The van der Waals surface area contributed by atoms with Crippen molar-refractivity contribution < 1.29 is 19.0 Å². The molecule has 0 spiro atoms. The average Bonchev–Trinajstić information content (AvgIpc) is 3.37. The van der Waals surface area contributed by atoms with Gasteiger partial charge in [-0.3, -0.25) is 0 Å². The summed E-state index contributed by atoms with van der Waals surface area (Å²) in [7, 11) is 1.60. The summed E-state index contributed by atoms with van der Waals surface area (Å²) < 4.78 is 17.8. The number of fused-ring (bicyclic) bond motifs is 1. The highest BCUT2D eigenvalue weighted by atomic mass is 16.6. The summed E-state index contributed by atoms with van der Waals surface area (Å²) in [6, 6.07) is 11.3. The molecule has 3 aromatic rings. The van der Waals surface area contributed by atoms with E-state index in [1.54, 1.807) is 71.3 Å². The van der Waals surface area contributed by atoms with E-state index in [0.717, 1.165) is 0 Å². The molecule has 0 atom stereocenters. The Labute approximate surface area is 230 Å². The minimum absolute atomic E-state index is 0.281. The molecule has 1 aromatic carbocycles. The van der Waals surface area contributed by atoms with Crippen LogP contribution < -0.4 is 21.1 Å². The van der Waals surface area contributed by atoms with Crippen molar-refractivity contribution in [2.75, 3.05) is 31.0 Å². The van der Waals surface area contributed by atoms with E-state index in [1.165, 1.54) is 41.5 Å². The normalized spacial score (nSPS) is 13.8. The van der Waals surface area contributed by atoms with Crippen molar-refractivity contribution in [3.63, 3.8) is 0 Å². The maximum atomic E-state index is 13.3. The Morgan fingerprint density at radius 1 is 1.15 bits per heavy atom. The van der Waals surface area contributed by atoms with E-state index in [-0.39, 0.29) is 5.69 Å². The molecule has 4 rings (SSSR count). The van der Waals surface area contributed by atoms with Gasteiger partial charge in [-0.1, -0.05) is 19.3 Å².